The molecule has 5 aromatic rings. The Morgan fingerprint density at radius 1 is 1.11 bits per heavy atom. The maximum Gasteiger partial charge on any atom is 0.413 e. The summed E-state index contributed by atoms with van der Waals surface area (Å²) in [6.07, 6.45) is -0.850. The van der Waals surface area contributed by atoms with Gasteiger partial charge in [0.25, 0.3) is 5.56 Å². The number of hydrogen-bond acceptors (Lipinski definition) is 5. The van der Waals surface area contributed by atoms with Gasteiger partial charge in [-0.05, 0) is 41.5 Å². The predicted molar refractivity (Wildman–Crippen MR) is 130 cm³/mol. The van der Waals surface area contributed by atoms with Gasteiger partial charge in [0.15, 0.2) is 0 Å². The van der Waals surface area contributed by atoms with Gasteiger partial charge in [0.05, 0.1) is 22.1 Å². The maximum absolute atomic E-state index is 13.2. The highest BCUT2D eigenvalue weighted by Gasteiger charge is 2.17. The molecule has 36 heavy (non-hydrogen) atoms. The third-order valence-electron chi connectivity index (χ3n) is 5.79. The number of imidazole rings is 1. The summed E-state index contributed by atoms with van der Waals surface area (Å²) in [7, 11) is 1.35. The molecule has 0 saturated heterocycles. The topological polar surface area (TPSA) is 124 Å². The number of aromatic amines is 2. The lowest BCUT2D eigenvalue weighted by atomic mass is 9.98. The normalized spacial score (nSPS) is 11.3. The highest BCUT2D eigenvalue weighted by molar-refractivity contribution is 5.89. The first-order valence-corrected chi connectivity index (χ1v) is 10.8. The summed E-state index contributed by atoms with van der Waals surface area (Å²) in [6.45, 7) is -3.02. The van der Waals surface area contributed by atoms with Gasteiger partial charge in [-0.1, -0.05) is 30.3 Å². The molecule has 1 amide bonds. The Bertz CT molecular complexity index is 1660. The number of benzene rings is 3. The minimum atomic E-state index is -3.02. The number of rotatable bonds is 6. The van der Waals surface area contributed by atoms with Crippen LogP contribution in [-0.2, 0) is 6.42 Å². The van der Waals surface area contributed by atoms with Gasteiger partial charge >= 0.3 is 12.7 Å². The van der Waals surface area contributed by atoms with E-state index >= 15 is 0 Å². The molecular weight excluding hydrogens is 472 g/mol. The zero-order valence-electron chi connectivity index (χ0n) is 18.8. The molecule has 0 unspecified atom stereocenters. The van der Waals surface area contributed by atoms with Crippen LogP contribution in [0, 0.1) is 0 Å². The standard InChI is InChI=1S/C25H19F2N5O4/c1-32(25(34)35)24-28-18-8-7-14(12-20(18)29-24)17-10-13(6-9-21(17)36-23(26)27)11-19-15-4-2-3-5-16(15)22(33)31-30-19/h2-10,12,23H,11H2,1H3,(H,28,29)(H,31,33)(H,34,35). The van der Waals surface area contributed by atoms with Crippen molar-refractivity contribution in [2.75, 3.05) is 11.9 Å². The maximum atomic E-state index is 13.2. The van der Waals surface area contributed by atoms with Crippen molar-refractivity contribution in [2.24, 2.45) is 0 Å². The number of alkyl halides is 2. The van der Waals surface area contributed by atoms with E-state index in [9.17, 15) is 23.5 Å². The lowest BCUT2D eigenvalue weighted by Gasteiger charge is -2.13. The van der Waals surface area contributed by atoms with E-state index in [1.807, 2.05) is 6.07 Å². The van der Waals surface area contributed by atoms with Gasteiger partial charge < -0.3 is 14.8 Å². The van der Waals surface area contributed by atoms with E-state index in [0.29, 0.717) is 45.0 Å². The molecule has 3 aromatic carbocycles. The van der Waals surface area contributed by atoms with Gasteiger partial charge in [0.1, 0.15) is 5.75 Å². The van der Waals surface area contributed by atoms with E-state index in [1.54, 1.807) is 48.5 Å². The van der Waals surface area contributed by atoms with Crippen LogP contribution in [0.15, 0.2) is 65.5 Å². The van der Waals surface area contributed by atoms with Crippen LogP contribution in [0.25, 0.3) is 32.9 Å². The van der Waals surface area contributed by atoms with Crippen molar-refractivity contribution >= 4 is 33.8 Å². The number of nitrogens with one attached hydrogen (secondary N) is 2. The molecule has 2 heterocycles. The number of ether oxygens (including phenoxy) is 1. The average molecular weight is 491 g/mol. The Labute approximate surface area is 202 Å². The minimum absolute atomic E-state index is 0.0187. The molecule has 0 radical (unpaired) electrons. The zero-order valence-corrected chi connectivity index (χ0v) is 18.8. The van der Waals surface area contributed by atoms with Crippen molar-refractivity contribution in [3.8, 4) is 16.9 Å². The van der Waals surface area contributed by atoms with Crippen LogP contribution in [0.4, 0.5) is 19.5 Å². The molecule has 11 heteroatoms. The Balaban J connectivity index is 1.58. The van der Waals surface area contributed by atoms with E-state index in [0.717, 1.165) is 10.5 Å². The highest BCUT2D eigenvalue weighted by atomic mass is 19.3. The van der Waals surface area contributed by atoms with E-state index < -0.39 is 12.7 Å². The Hall–Kier alpha value is -4.80. The Kier molecular flexibility index (Phi) is 5.80. The monoisotopic (exact) mass is 491 g/mol. The Morgan fingerprint density at radius 3 is 2.64 bits per heavy atom. The SMILES string of the molecule is CN(C(=O)O)c1nc2ccc(-c3cc(Cc4n[nH]c(=O)c5ccccc45)ccc3OC(F)F)cc2[nH]1. The summed E-state index contributed by atoms with van der Waals surface area (Å²) in [5.41, 5.74) is 3.10. The van der Waals surface area contributed by atoms with E-state index in [2.05, 4.69) is 20.2 Å². The van der Waals surface area contributed by atoms with Gasteiger partial charge in [-0.2, -0.15) is 13.9 Å². The van der Waals surface area contributed by atoms with Crippen LogP contribution in [0.3, 0.4) is 0 Å². The van der Waals surface area contributed by atoms with E-state index in [-0.39, 0.29) is 17.3 Å². The molecule has 0 fully saturated rings. The van der Waals surface area contributed by atoms with Gasteiger partial charge in [-0.3, -0.25) is 9.69 Å². The minimum Gasteiger partial charge on any atom is -0.465 e. The average Bonchev–Trinajstić information content (AvgIpc) is 3.29. The molecule has 0 aliphatic heterocycles. The second-order valence-corrected chi connectivity index (χ2v) is 8.06. The van der Waals surface area contributed by atoms with Gasteiger partial charge in [-0.15, -0.1) is 0 Å². The number of anilines is 1. The van der Waals surface area contributed by atoms with Gasteiger partial charge in [0, 0.05) is 24.4 Å². The number of halogens is 2. The number of hydrogen-bond donors (Lipinski definition) is 3. The Morgan fingerprint density at radius 2 is 1.89 bits per heavy atom. The van der Waals surface area contributed by atoms with Crippen molar-refractivity contribution in [3.05, 3.63) is 82.3 Å². The van der Waals surface area contributed by atoms with Crippen molar-refractivity contribution in [3.63, 3.8) is 0 Å². The van der Waals surface area contributed by atoms with Crippen molar-refractivity contribution in [1.29, 1.82) is 0 Å². The number of carbonyl (C=O) groups is 1. The first kappa shape index (κ1) is 23.0. The summed E-state index contributed by atoms with van der Waals surface area (Å²) in [6, 6.07) is 17.0. The third kappa shape index (κ3) is 4.33. The number of aromatic nitrogens is 4. The predicted octanol–water partition coefficient (Wildman–Crippen LogP) is 4.77. The van der Waals surface area contributed by atoms with Crippen LogP contribution >= 0.6 is 0 Å². The molecular formula is C25H19F2N5O4. The quantitative estimate of drug-likeness (QED) is 0.314. The molecule has 5 rings (SSSR count). The number of nitrogens with zero attached hydrogens (tertiary/aromatic N) is 3. The van der Waals surface area contributed by atoms with Crippen molar-refractivity contribution in [2.45, 2.75) is 13.0 Å². The number of fused-ring (bicyclic) bond motifs is 2. The number of carboxylic acid groups (broad SMARTS) is 1. The number of H-pyrrole nitrogens is 2. The second kappa shape index (κ2) is 9.10. The first-order chi connectivity index (χ1) is 17.3. The second-order valence-electron chi connectivity index (χ2n) is 8.06. The van der Waals surface area contributed by atoms with E-state index in [4.69, 9.17) is 4.74 Å². The van der Waals surface area contributed by atoms with Gasteiger partial charge in [-0.25, -0.2) is 14.9 Å². The lowest BCUT2D eigenvalue weighted by Crippen LogP contribution is -2.24. The smallest absolute Gasteiger partial charge is 0.413 e. The fourth-order valence-electron chi connectivity index (χ4n) is 4.02. The summed E-state index contributed by atoms with van der Waals surface area (Å²) in [4.78, 5) is 31.5. The largest absolute Gasteiger partial charge is 0.465 e. The summed E-state index contributed by atoms with van der Waals surface area (Å²) in [5, 5.41) is 17.1. The van der Waals surface area contributed by atoms with Crippen LogP contribution in [0.2, 0.25) is 0 Å². The van der Waals surface area contributed by atoms with Crippen LogP contribution in [0.1, 0.15) is 11.3 Å². The zero-order chi connectivity index (χ0) is 25.4. The highest BCUT2D eigenvalue weighted by Crippen LogP contribution is 2.35. The lowest BCUT2D eigenvalue weighted by molar-refractivity contribution is -0.0494. The number of amides is 1. The van der Waals surface area contributed by atoms with Crippen LogP contribution in [-0.4, -0.2) is 45.0 Å². The molecule has 0 bridgehead atoms. The van der Waals surface area contributed by atoms with Gasteiger partial charge in [0.2, 0.25) is 5.95 Å². The van der Waals surface area contributed by atoms with E-state index in [1.165, 1.54) is 13.1 Å². The van der Waals surface area contributed by atoms with Crippen molar-refractivity contribution in [1.82, 2.24) is 20.2 Å². The fourth-order valence-corrected chi connectivity index (χ4v) is 4.02. The molecule has 9 nitrogen and oxygen atoms in total. The van der Waals surface area contributed by atoms with Crippen LogP contribution < -0.4 is 15.2 Å². The van der Waals surface area contributed by atoms with Crippen molar-refractivity contribution < 1.29 is 23.4 Å². The molecule has 0 aliphatic carbocycles. The van der Waals surface area contributed by atoms with Crippen LogP contribution in [0.5, 0.6) is 5.75 Å². The molecule has 0 spiro atoms. The molecule has 0 saturated carbocycles. The molecule has 182 valence electrons. The fraction of sp³-hybridized carbons (Fsp3) is 0.120. The third-order valence-corrected chi connectivity index (χ3v) is 5.79. The summed E-state index contributed by atoms with van der Waals surface area (Å²) in [5.74, 6) is 0.109. The molecule has 3 N–H and O–H groups in total. The first-order valence-electron chi connectivity index (χ1n) is 10.8. The molecule has 2 aromatic heterocycles. The molecule has 0 aliphatic rings. The summed E-state index contributed by atoms with van der Waals surface area (Å²) >= 11 is 0. The molecule has 0 atom stereocenters. The summed E-state index contributed by atoms with van der Waals surface area (Å²) < 4.78 is 31.1.